The number of hydrogen-bond acceptors (Lipinski definition) is 3. The van der Waals surface area contributed by atoms with Gasteiger partial charge in [0.05, 0.1) is 6.61 Å². The average molecular weight is 221 g/mol. The molecule has 0 aliphatic carbocycles. The number of nitrogen functional groups attached to an aromatic ring is 1. The maximum absolute atomic E-state index is 11.2. The molecule has 1 aromatic rings. The van der Waals surface area contributed by atoms with Crippen LogP contribution in [0.1, 0.15) is 31.4 Å². The topological polar surface area (TPSA) is 52.3 Å². The molecule has 0 atom stereocenters. The zero-order valence-corrected chi connectivity index (χ0v) is 9.95. The number of carbonyl (C=O) groups is 1. The number of anilines is 1. The van der Waals surface area contributed by atoms with Crippen LogP contribution in [0.3, 0.4) is 0 Å². The third-order valence-electron chi connectivity index (χ3n) is 2.51. The van der Waals surface area contributed by atoms with E-state index in [2.05, 4.69) is 6.92 Å². The number of nitrogens with two attached hydrogens (primary N) is 1. The Morgan fingerprint density at radius 3 is 2.69 bits per heavy atom. The van der Waals surface area contributed by atoms with Gasteiger partial charge in [-0.05, 0) is 37.0 Å². The Labute approximate surface area is 96.6 Å². The van der Waals surface area contributed by atoms with E-state index in [1.807, 2.05) is 25.1 Å². The third-order valence-corrected chi connectivity index (χ3v) is 2.51. The van der Waals surface area contributed by atoms with Gasteiger partial charge in [0.1, 0.15) is 0 Å². The van der Waals surface area contributed by atoms with Crippen molar-refractivity contribution in [3.8, 4) is 0 Å². The number of rotatable bonds is 5. The van der Waals surface area contributed by atoms with E-state index in [1.165, 1.54) is 0 Å². The van der Waals surface area contributed by atoms with Crippen LogP contribution in [0, 0.1) is 0 Å². The summed E-state index contributed by atoms with van der Waals surface area (Å²) in [7, 11) is 0. The second-order valence-corrected chi connectivity index (χ2v) is 3.69. The van der Waals surface area contributed by atoms with E-state index in [-0.39, 0.29) is 5.97 Å². The lowest BCUT2D eigenvalue weighted by atomic mass is 10.0. The molecule has 3 nitrogen and oxygen atoms in total. The molecule has 1 aromatic carbocycles. The lowest BCUT2D eigenvalue weighted by molar-refractivity contribution is -0.143. The van der Waals surface area contributed by atoms with Gasteiger partial charge in [0, 0.05) is 12.1 Å². The van der Waals surface area contributed by atoms with Crippen LogP contribution in [0.5, 0.6) is 0 Å². The van der Waals surface area contributed by atoms with Gasteiger partial charge in [0.2, 0.25) is 0 Å². The molecule has 0 unspecified atom stereocenters. The minimum absolute atomic E-state index is 0.152. The molecule has 0 saturated heterocycles. The van der Waals surface area contributed by atoms with Crippen molar-refractivity contribution >= 4 is 11.7 Å². The predicted octanol–water partition coefficient (Wildman–Crippen LogP) is 2.33. The van der Waals surface area contributed by atoms with Crippen LogP contribution in [0.15, 0.2) is 18.2 Å². The van der Waals surface area contributed by atoms with Crippen molar-refractivity contribution in [2.45, 2.75) is 33.1 Å². The summed E-state index contributed by atoms with van der Waals surface area (Å²) < 4.78 is 4.87. The van der Waals surface area contributed by atoms with Gasteiger partial charge in [-0.3, -0.25) is 4.79 Å². The Morgan fingerprint density at radius 2 is 2.12 bits per heavy atom. The molecule has 0 heterocycles. The van der Waals surface area contributed by atoms with E-state index in [1.54, 1.807) is 0 Å². The predicted molar refractivity (Wildman–Crippen MR) is 65.2 cm³/mol. The smallest absolute Gasteiger partial charge is 0.306 e. The van der Waals surface area contributed by atoms with Crippen molar-refractivity contribution in [1.82, 2.24) is 0 Å². The first-order valence-corrected chi connectivity index (χ1v) is 5.70. The molecule has 0 radical (unpaired) electrons. The highest BCUT2D eigenvalue weighted by molar-refractivity contribution is 5.69. The highest BCUT2D eigenvalue weighted by Crippen LogP contribution is 2.16. The van der Waals surface area contributed by atoms with Gasteiger partial charge in [0.15, 0.2) is 0 Å². The summed E-state index contributed by atoms with van der Waals surface area (Å²) in [4.78, 5) is 11.2. The first-order valence-electron chi connectivity index (χ1n) is 5.70. The largest absolute Gasteiger partial charge is 0.466 e. The monoisotopic (exact) mass is 221 g/mol. The van der Waals surface area contributed by atoms with Crippen molar-refractivity contribution in [2.75, 3.05) is 12.3 Å². The number of aryl methyl sites for hydroxylation is 2. The molecule has 1 rings (SSSR count). The van der Waals surface area contributed by atoms with Crippen LogP contribution in [-0.4, -0.2) is 12.6 Å². The SMILES string of the molecule is CCOC(=O)CCc1ccc(CC)c(N)c1. The fraction of sp³-hybridized carbons (Fsp3) is 0.462. The van der Waals surface area contributed by atoms with Gasteiger partial charge in [-0.2, -0.15) is 0 Å². The van der Waals surface area contributed by atoms with Crippen molar-refractivity contribution in [1.29, 1.82) is 0 Å². The van der Waals surface area contributed by atoms with E-state index in [0.29, 0.717) is 19.4 Å². The van der Waals surface area contributed by atoms with E-state index in [4.69, 9.17) is 10.5 Å². The lowest BCUT2D eigenvalue weighted by Gasteiger charge is -2.06. The molecule has 16 heavy (non-hydrogen) atoms. The fourth-order valence-corrected chi connectivity index (χ4v) is 1.60. The molecule has 0 aliphatic heterocycles. The molecule has 0 fully saturated rings. The zero-order chi connectivity index (χ0) is 12.0. The molecule has 2 N–H and O–H groups in total. The molecule has 0 aliphatic rings. The summed E-state index contributed by atoms with van der Waals surface area (Å²) in [6.45, 7) is 4.33. The number of benzene rings is 1. The van der Waals surface area contributed by atoms with Crippen LogP contribution in [0.25, 0.3) is 0 Å². The van der Waals surface area contributed by atoms with E-state index in [0.717, 1.165) is 23.2 Å². The Balaban J connectivity index is 2.55. The van der Waals surface area contributed by atoms with Crippen LogP contribution >= 0.6 is 0 Å². The molecule has 3 heteroatoms. The molecule has 0 saturated carbocycles. The average Bonchev–Trinajstić information content (AvgIpc) is 2.27. The lowest BCUT2D eigenvalue weighted by Crippen LogP contribution is -2.05. The molecular formula is C13H19NO2. The normalized spacial score (nSPS) is 10.1. The minimum Gasteiger partial charge on any atom is -0.466 e. The summed E-state index contributed by atoms with van der Waals surface area (Å²) in [5.41, 5.74) is 8.93. The second kappa shape index (κ2) is 6.16. The Hall–Kier alpha value is -1.51. The molecular weight excluding hydrogens is 202 g/mol. The second-order valence-electron chi connectivity index (χ2n) is 3.69. The molecule has 0 bridgehead atoms. The maximum Gasteiger partial charge on any atom is 0.306 e. The first-order chi connectivity index (χ1) is 7.67. The van der Waals surface area contributed by atoms with Crippen LogP contribution < -0.4 is 5.73 Å². The molecule has 0 amide bonds. The van der Waals surface area contributed by atoms with Crippen LogP contribution in [0.4, 0.5) is 5.69 Å². The zero-order valence-electron chi connectivity index (χ0n) is 9.95. The van der Waals surface area contributed by atoms with Gasteiger partial charge >= 0.3 is 5.97 Å². The number of carbonyl (C=O) groups excluding carboxylic acids is 1. The summed E-state index contributed by atoms with van der Waals surface area (Å²) in [6.07, 6.45) is 2.04. The maximum atomic E-state index is 11.2. The summed E-state index contributed by atoms with van der Waals surface area (Å²) in [6, 6.07) is 5.99. The van der Waals surface area contributed by atoms with Crippen molar-refractivity contribution < 1.29 is 9.53 Å². The van der Waals surface area contributed by atoms with E-state index in [9.17, 15) is 4.79 Å². The molecule has 0 aromatic heterocycles. The van der Waals surface area contributed by atoms with Crippen molar-refractivity contribution in [2.24, 2.45) is 0 Å². The quantitative estimate of drug-likeness (QED) is 0.613. The van der Waals surface area contributed by atoms with Crippen molar-refractivity contribution in [3.63, 3.8) is 0 Å². The minimum atomic E-state index is -0.152. The van der Waals surface area contributed by atoms with Gasteiger partial charge in [-0.25, -0.2) is 0 Å². The number of esters is 1. The van der Waals surface area contributed by atoms with Crippen LogP contribution in [0.2, 0.25) is 0 Å². The van der Waals surface area contributed by atoms with Gasteiger partial charge in [-0.15, -0.1) is 0 Å². The van der Waals surface area contributed by atoms with Crippen molar-refractivity contribution in [3.05, 3.63) is 29.3 Å². The molecule has 88 valence electrons. The first kappa shape index (κ1) is 12.6. The summed E-state index contributed by atoms with van der Waals surface area (Å²) in [5, 5.41) is 0. The van der Waals surface area contributed by atoms with Gasteiger partial charge < -0.3 is 10.5 Å². The Morgan fingerprint density at radius 1 is 1.38 bits per heavy atom. The highest BCUT2D eigenvalue weighted by Gasteiger charge is 2.04. The standard InChI is InChI=1S/C13H19NO2/c1-3-11-7-5-10(9-12(11)14)6-8-13(15)16-4-2/h5,7,9H,3-4,6,8,14H2,1-2H3. The number of hydrogen-bond donors (Lipinski definition) is 1. The van der Waals surface area contributed by atoms with E-state index < -0.39 is 0 Å². The summed E-state index contributed by atoms with van der Waals surface area (Å²) in [5.74, 6) is -0.152. The third kappa shape index (κ3) is 3.57. The summed E-state index contributed by atoms with van der Waals surface area (Å²) >= 11 is 0. The Kier molecular flexibility index (Phi) is 4.83. The van der Waals surface area contributed by atoms with Crippen LogP contribution in [-0.2, 0) is 22.4 Å². The highest BCUT2D eigenvalue weighted by atomic mass is 16.5. The fourth-order valence-electron chi connectivity index (χ4n) is 1.60. The number of ether oxygens (including phenoxy) is 1. The van der Waals surface area contributed by atoms with Gasteiger partial charge in [-0.1, -0.05) is 19.1 Å². The van der Waals surface area contributed by atoms with Gasteiger partial charge in [0.25, 0.3) is 0 Å². The molecule has 0 spiro atoms. The Bertz CT molecular complexity index is 361. The van der Waals surface area contributed by atoms with E-state index >= 15 is 0 Å².